The molecule has 1 N–H and O–H groups in total. The third-order valence-electron chi connectivity index (χ3n) is 3.75. The van der Waals surface area contributed by atoms with E-state index in [1.54, 1.807) is 0 Å². The maximum absolute atomic E-state index is 9.12. The molecule has 0 aromatic heterocycles. The minimum Gasteiger partial charge on any atom is -0.396 e. The van der Waals surface area contributed by atoms with Crippen LogP contribution in [0.2, 0.25) is 0 Å². The van der Waals surface area contributed by atoms with E-state index in [-0.39, 0.29) is 17.6 Å². The first-order valence-electron chi connectivity index (χ1n) is 6.64. The Hall–Kier alpha value is -1.02. The van der Waals surface area contributed by atoms with Crippen molar-refractivity contribution >= 4 is 5.69 Å². The van der Waals surface area contributed by atoms with E-state index in [4.69, 9.17) is 5.11 Å². The van der Waals surface area contributed by atoms with Gasteiger partial charge in [0.2, 0.25) is 0 Å². The summed E-state index contributed by atoms with van der Waals surface area (Å²) in [4.78, 5) is 2.23. The van der Waals surface area contributed by atoms with Gasteiger partial charge in [0.05, 0.1) is 0 Å². The third kappa shape index (κ3) is 3.49. The van der Waals surface area contributed by atoms with Gasteiger partial charge in [0.1, 0.15) is 0 Å². The van der Waals surface area contributed by atoms with E-state index in [1.807, 2.05) is 0 Å². The first-order chi connectivity index (χ1) is 8.18. The molecule has 1 aromatic rings. The zero-order chi connectivity index (χ0) is 14.0. The molecule has 0 saturated heterocycles. The summed E-state index contributed by atoms with van der Waals surface area (Å²) in [6.45, 7) is 11.2. The monoisotopic (exact) mass is 249 g/mol. The molecule has 0 aliphatic carbocycles. The van der Waals surface area contributed by atoms with Crippen LogP contribution in [0.3, 0.4) is 0 Å². The molecule has 0 amide bonds. The van der Waals surface area contributed by atoms with Crippen molar-refractivity contribution in [2.75, 3.05) is 18.6 Å². The summed E-state index contributed by atoms with van der Waals surface area (Å²) in [6, 6.07) is 8.72. The number of rotatable bonds is 4. The first-order valence-corrected chi connectivity index (χ1v) is 6.64. The van der Waals surface area contributed by atoms with Gasteiger partial charge in [-0.2, -0.15) is 0 Å². The van der Waals surface area contributed by atoms with Gasteiger partial charge in [0.15, 0.2) is 0 Å². The van der Waals surface area contributed by atoms with Gasteiger partial charge in [-0.25, -0.2) is 0 Å². The van der Waals surface area contributed by atoms with Crippen LogP contribution in [0.25, 0.3) is 0 Å². The average Bonchev–Trinajstić information content (AvgIpc) is 2.27. The molecule has 0 heterocycles. The molecule has 1 aromatic carbocycles. The van der Waals surface area contributed by atoms with Crippen LogP contribution in [0.1, 0.15) is 46.6 Å². The lowest BCUT2D eigenvalue weighted by Crippen LogP contribution is -2.42. The largest absolute Gasteiger partial charge is 0.396 e. The Morgan fingerprint density at radius 1 is 1.00 bits per heavy atom. The Morgan fingerprint density at radius 2 is 1.50 bits per heavy atom. The van der Waals surface area contributed by atoms with Gasteiger partial charge in [0, 0.05) is 24.9 Å². The van der Waals surface area contributed by atoms with Gasteiger partial charge in [0.25, 0.3) is 0 Å². The quantitative estimate of drug-likeness (QED) is 0.881. The summed E-state index contributed by atoms with van der Waals surface area (Å²) in [5.41, 5.74) is 2.71. The number of anilines is 1. The first kappa shape index (κ1) is 15.0. The molecule has 0 spiro atoms. The molecule has 0 saturated carbocycles. The number of hydrogen-bond donors (Lipinski definition) is 1. The lowest BCUT2D eigenvalue weighted by Gasteiger charge is -2.37. The molecular formula is C16H27NO. The summed E-state index contributed by atoms with van der Waals surface area (Å²) < 4.78 is 0. The SMILES string of the molecule is CN(c1ccc(C(C)(C)C)cc1)C(C)(C)CCO. The second kappa shape index (κ2) is 5.31. The number of nitrogens with zero attached hydrogens (tertiary/aromatic N) is 1. The van der Waals surface area contributed by atoms with Crippen molar-refractivity contribution in [1.82, 2.24) is 0 Å². The molecule has 18 heavy (non-hydrogen) atoms. The highest BCUT2D eigenvalue weighted by Crippen LogP contribution is 2.28. The molecule has 2 heteroatoms. The number of aliphatic hydroxyl groups excluding tert-OH is 1. The van der Waals surface area contributed by atoms with Gasteiger partial charge in [-0.05, 0) is 43.4 Å². The van der Waals surface area contributed by atoms with Gasteiger partial charge in [-0.3, -0.25) is 0 Å². The van der Waals surface area contributed by atoms with Gasteiger partial charge in [-0.15, -0.1) is 0 Å². The Kier molecular flexibility index (Phi) is 4.44. The van der Waals surface area contributed by atoms with Crippen molar-refractivity contribution in [2.45, 2.75) is 52.0 Å². The maximum Gasteiger partial charge on any atom is 0.0453 e. The van der Waals surface area contributed by atoms with Crippen LogP contribution < -0.4 is 4.90 Å². The minimum absolute atomic E-state index is 0.0298. The Labute approximate surface area is 112 Å². The van der Waals surface area contributed by atoms with E-state index in [1.165, 1.54) is 11.3 Å². The van der Waals surface area contributed by atoms with Crippen LogP contribution in [0, 0.1) is 0 Å². The van der Waals surface area contributed by atoms with E-state index in [0.717, 1.165) is 6.42 Å². The Bertz CT molecular complexity index is 373. The standard InChI is InChI=1S/C16H27NO/c1-15(2,3)13-7-9-14(10-8-13)17(6)16(4,5)11-12-18/h7-10,18H,11-12H2,1-6H3. The van der Waals surface area contributed by atoms with Gasteiger partial charge >= 0.3 is 0 Å². The van der Waals surface area contributed by atoms with Gasteiger partial charge in [-0.1, -0.05) is 32.9 Å². The van der Waals surface area contributed by atoms with Crippen molar-refractivity contribution < 1.29 is 5.11 Å². The molecule has 0 aliphatic heterocycles. The molecule has 0 unspecified atom stereocenters. The van der Waals surface area contributed by atoms with Crippen molar-refractivity contribution in [2.24, 2.45) is 0 Å². The number of benzene rings is 1. The van der Waals surface area contributed by atoms with E-state index in [0.29, 0.717) is 0 Å². The van der Waals surface area contributed by atoms with Gasteiger partial charge < -0.3 is 10.0 Å². The highest BCUT2D eigenvalue weighted by atomic mass is 16.3. The smallest absolute Gasteiger partial charge is 0.0453 e. The fourth-order valence-corrected chi connectivity index (χ4v) is 1.98. The zero-order valence-electron chi connectivity index (χ0n) is 12.6. The second-order valence-corrected chi connectivity index (χ2v) is 6.64. The van der Waals surface area contributed by atoms with E-state index in [2.05, 4.69) is 70.8 Å². The highest BCUT2D eigenvalue weighted by Gasteiger charge is 2.23. The van der Waals surface area contributed by atoms with Crippen LogP contribution in [0.5, 0.6) is 0 Å². The Balaban J connectivity index is 2.92. The van der Waals surface area contributed by atoms with Crippen LogP contribution >= 0.6 is 0 Å². The molecule has 2 nitrogen and oxygen atoms in total. The van der Waals surface area contributed by atoms with Crippen LogP contribution in [0.4, 0.5) is 5.69 Å². The van der Waals surface area contributed by atoms with E-state index >= 15 is 0 Å². The predicted molar refractivity (Wildman–Crippen MR) is 79.3 cm³/mol. The summed E-state index contributed by atoms with van der Waals surface area (Å²) in [6.07, 6.45) is 0.768. The molecule has 0 bridgehead atoms. The highest BCUT2D eigenvalue weighted by molar-refractivity contribution is 5.49. The zero-order valence-corrected chi connectivity index (χ0v) is 12.6. The number of hydrogen-bond acceptors (Lipinski definition) is 2. The summed E-state index contributed by atoms with van der Waals surface area (Å²) in [5, 5.41) is 9.12. The lowest BCUT2D eigenvalue weighted by molar-refractivity contribution is 0.250. The average molecular weight is 249 g/mol. The molecule has 102 valence electrons. The maximum atomic E-state index is 9.12. The summed E-state index contributed by atoms with van der Waals surface area (Å²) in [5.74, 6) is 0. The van der Waals surface area contributed by atoms with Crippen LogP contribution in [-0.4, -0.2) is 24.3 Å². The normalized spacial score (nSPS) is 12.6. The summed E-state index contributed by atoms with van der Waals surface area (Å²) in [7, 11) is 2.09. The Morgan fingerprint density at radius 3 is 1.89 bits per heavy atom. The molecular weight excluding hydrogens is 222 g/mol. The summed E-state index contributed by atoms with van der Waals surface area (Å²) >= 11 is 0. The third-order valence-corrected chi connectivity index (χ3v) is 3.75. The van der Waals surface area contributed by atoms with Crippen LogP contribution in [-0.2, 0) is 5.41 Å². The molecule has 0 aliphatic rings. The van der Waals surface area contributed by atoms with Crippen molar-refractivity contribution in [3.8, 4) is 0 Å². The fourth-order valence-electron chi connectivity index (χ4n) is 1.98. The predicted octanol–water partition coefficient (Wildman–Crippen LogP) is 3.58. The molecule has 0 atom stereocenters. The second-order valence-electron chi connectivity index (χ2n) is 6.64. The van der Waals surface area contributed by atoms with Crippen molar-refractivity contribution in [1.29, 1.82) is 0 Å². The van der Waals surface area contributed by atoms with E-state index < -0.39 is 0 Å². The van der Waals surface area contributed by atoms with Crippen molar-refractivity contribution in [3.63, 3.8) is 0 Å². The molecule has 0 fully saturated rings. The van der Waals surface area contributed by atoms with E-state index in [9.17, 15) is 0 Å². The minimum atomic E-state index is -0.0298. The lowest BCUT2D eigenvalue weighted by atomic mass is 9.87. The van der Waals surface area contributed by atoms with Crippen molar-refractivity contribution in [3.05, 3.63) is 29.8 Å². The molecule has 0 radical (unpaired) electrons. The fraction of sp³-hybridized carbons (Fsp3) is 0.625. The number of aliphatic hydroxyl groups is 1. The topological polar surface area (TPSA) is 23.5 Å². The molecule has 1 rings (SSSR count). The van der Waals surface area contributed by atoms with Crippen LogP contribution in [0.15, 0.2) is 24.3 Å².